The van der Waals surface area contributed by atoms with Crippen molar-refractivity contribution in [3.05, 3.63) is 108 Å². The molecule has 0 heterocycles. The number of aliphatic imine (C=N–C) groups is 1. The Bertz CT molecular complexity index is 1590. The van der Waals surface area contributed by atoms with Crippen molar-refractivity contribution in [3.63, 3.8) is 0 Å². The molecule has 3 rings (SSSR count). The molecule has 0 aliphatic carbocycles. The topological polar surface area (TPSA) is 230 Å². The fourth-order valence-corrected chi connectivity index (χ4v) is 5.55. The van der Waals surface area contributed by atoms with Crippen LogP contribution in [-0.2, 0) is 32.1 Å². The number of aliphatic hydroxyl groups is 2. The number of nitrogens with zero attached hydrogens (tertiary/aromatic N) is 1. The zero-order valence-electron chi connectivity index (χ0n) is 30.3. The number of aliphatic hydroxyl groups excluding tert-OH is 2. The second-order valence-corrected chi connectivity index (χ2v) is 13.2. The predicted octanol–water partition coefficient (Wildman–Crippen LogP) is 2.19. The summed E-state index contributed by atoms with van der Waals surface area (Å²) in [4.78, 5) is 57.3. The van der Waals surface area contributed by atoms with Gasteiger partial charge < -0.3 is 47.7 Å². The van der Waals surface area contributed by atoms with Gasteiger partial charge in [0.05, 0.1) is 18.6 Å². The van der Waals surface area contributed by atoms with Crippen LogP contribution in [0.3, 0.4) is 0 Å². The van der Waals surface area contributed by atoms with Crippen molar-refractivity contribution in [2.24, 2.45) is 22.4 Å². The first-order valence-corrected chi connectivity index (χ1v) is 17.8. The molecule has 3 aromatic rings. The summed E-state index contributed by atoms with van der Waals surface area (Å²) in [5.41, 5.74) is 13.0. The quantitative estimate of drug-likeness (QED) is 0.0456. The number of nitrogens with one attached hydrogen (secondary N) is 4. The number of nitrogens with two attached hydrogens (primary N) is 2. The molecule has 14 nitrogen and oxygen atoms in total. The average molecular weight is 732 g/mol. The maximum absolute atomic E-state index is 14.0. The van der Waals surface area contributed by atoms with Crippen molar-refractivity contribution < 1.29 is 34.1 Å². The van der Waals surface area contributed by atoms with Gasteiger partial charge in [-0.2, -0.15) is 0 Å². The number of benzene rings is 3. The van der Waals surface area contributed by atoms with Gasteiger partial charge in [-0.15, -0.1) is 0 Å². The highest BCUT2D eigenvalue weighted by molar-refractivity contribution is 5.92. The minimum Gasteiger partial charge on any atom is -0.445 e. The highest BCUT2D eigenvalue weighted by Gasteiger charge is 2.35. The first-order valence-electron chi connectivity index (χ1n) is 17.8. The van der Waals surface area contributed by atoms with Crippen LogP contribution in [0, 0.1) is 5.92 Å². The maximum atomic E-state index is 14.0. The highest BCUT2D eigenvalue weighted by Crippen LogP contribution is 2.19. The van der Waals surface area contributed by atoms with Crippen LogP contribution in [0.25, 0.3) is 0 Å². The largest absolute Gasteiger partial charge is 0.445 e. The van der Waals surface area contributed by atoms with Crippen molar-refractivity contribution in [2.45, 2.75) is 82.9 Å². The van der Waals surface area contributed by atoms with Gasteiger partial charge in [0.1, 0.15) is 24.8 Å². The molecule has 5 atom stereocenters. The molecule has 14 heteroatoms. The summed E-state index contributed by atoms with van der Waals surface area (Å²) in [6, 6.07) is 23.3. The standard InChI is InChI=1S/C39H53N7O7/c1-26(2)23-31(32(47)24-33(48)42-22-20-27-13-6-3-7-14-27)44-37(51)34(35(49)29-17-10-5-11-18-29)46-36(50)30(19-12-21-43-38(40)41)45-39(52)53-25-28-15-8-4-9-16-28/h3-11,13-18,26,30-32,34-35,47,49H,12,19-25H2,1-2H3,(H,42,48)(H,44,51)(H,45,52)(H,46,50)(H4,40,41,43)/t30-,31-,32-,34-,35+/m0/s1. The molecule has 0 radical (unpaired) electrons. The summed E-state index contributed by atoms with van der Waals surface area (Å²) in [6.45, 7) is 4.29. The number of ether oxygens (including phenoxy) is 1. The molecule has 0 unspecified atom stereocenters. The first kappa shape index (κ1) is 41.9. The van der Waals surface area contributed by atoms with E-state index in [0.29, 0.717) is 24.9 Å². The molecule has 0 aliphatic rings. The Morgan fingerprint density at radius 3 is 2.00 bits per heavy atom. The normalized spacial score (nSPS) is 13.8. The molecule has 4 amide bonds. The Balaban J connectivity index is 1.76. The van der Waals surface area contributed by atoms with Crippen LogP contribution < -0.4 is 32.7 Å². The Kier molecular flexibility index (Phi) is 17.8. The molecule has 0 aromatic heterocycles. The van der Waals surface area contributed by atoms with Gasteiger partial charge in [0.2, 0.25) is 17.7 Å². The van der Waals surface area contributed by atoms with Gasteiger partial charge in [-0.05, 0) is 48.3 Å². The van der Waals surface area contributed by atoms with E-state index in [4.69, 9.17) is 16.2 Å². The van der Waals surface area contributed by atoms with E-state index in [2.05, 4.69) is 26.3 Å². The summed E-state index contributed by atoms with van der Waals surface area (Å²) in [7, 11) is 0. The van der Waals surface area contributed by atoms with Crippen LogP contribution in [0.5, 0.6) is 0 Å². The van der Waals surface area contributed by atoms with Crippen molar-refractivity contribution in [2.75, 3.05) is 13.1 Å². The molecule has 286 valence electrons. The smallest absolute Gasteiger partial charge is 0.408 e. The number of rotatable bonds is 21. The minimum atomic E-state index is -1.56. The van der Waals surface area contributed by atoms with Crippen LogP contribution in [0.4, 0.5) is 4.79 Å². The summed E-state index contributed by atoms with van der Waals surface area (Å²) in [5.74, 6) is -2.09. The molecular formula is C39H53N7O7. The molecule has 0 bridgehead atoms. The summed E-state index contributed by atoms with van der Waals surface area (Å²) < 4.78 is 5.33. The van der Waals surface area contributed by atoms with Gasteiger partial charge in [-0.25, -0.2) is 4.79 Å². The zero-order valence-corrected chi connectivity index (χ0v) is 30.3. The predicted molar refractivity (Wildman–Crippen MR) is 202 cm³/mol. The highest BCUT2D eigenvalue weighted by atomic mass is 16.5. The van der Waals surface area contributed by atoms with Crippen molar-refractivity contribution in [1.29, 1.82) is 0 Å². The number of carbonyl (C=O) groups is 4. The summed E-state index contributed by atoms with van der Waals surface area (Å²) in [6.07, 6.45) is -2.69. The molecular weight excluding hydrogens is 678 g/mol. The molecule has 0 fully saturated rings. The first-order chi connectivity index (χ1) is 25.4. The number of guanidine groups is 1. The number of hydrogen-bond donors (Lipinski definition) is 8. The van der Waals surface area contributed by atoms with E-state index in [-0.39, 0.29) is 50.2 Å². The Labute approximate surface area is 310 Å². The van der Waals surface area contributed by atoms with E-state index >= 15 is 0 Å². The lowest BCUT2D eigenvalue weighted by atomic mass is 9.95. The lowest BCUT2D eigenvalue weighted by molar-refractivity contribution is -0.134. The van der Waals surface area contributed by atoms with Gasteiger partial charge in [-0.1, -0.05) is 105 Å². The maximum Gasteiger partial charge on any atom is 0.408 e. The van der Waals surface area contributed by atoms with Crippen molar-refractivity contribution in [3.8, 4) is 0 Å². The third kappa shape index (κ3) is 15.8. The fourth-order valence-electron chi connectivity index (χ4n) is 5.55. The zero-order chi connectivity index (χ0) is 38.6. The second-order valence-electron chi connectivity index (χ2n) is 13.2. The summed E-state index contributed by atoms with van der Waals surface area (Å²) in [5, 5.41) is 33.4. The van der Waals surface area contributed by atoms with E-state index in [9.17, 15) is 29.4 Å². The second kappa shape index (κ2) is 22.5. The minimum absolute atomic E-state index is 0.00359. The van der Waals surface area contributed by atoms with Gasteiger partial charge >= 0.3 is 6.09 Å². The third-order valence-corrected chi connectivity index (χ3v) is 8.29. The Hall–Kier alpha value is -5.47. The van der Waals surface area contributed by atoms with Gasteiger partial charge in [0, 0.05) is 13.1 Å². The number of hydrogen-bond acceptors (Lipinski definition) is 8. The molecule has 0 aliphatic heterocycles. The van der Waals surface area contributed by atoms with E-state index in [1.807, 2.05) is 50.2 Å². The van der Waals surface area contributed by atoms with Crippen molar-refractivity contribution in [1.82, 2.24) is 21.3 Å². The van der Waals surface area contributed by atoms with Crippen LogP contribution in [0.2, 0.25) is 0 Å². The van der Waals surface area contributed by atoms with Crippen molar-refractivity contribution >= 4 is 29.8 Å². The van der Waals surface area contributed by atoms with E-state index in [1.165, 1.54) is 0 Å². The molecule has 3 aromatic carbocycles. The third-order valence-electron chi connectivity index (χ3n) is 8.29. The van der Waals surface area contributed by atoms with Crippen LogP contribution >= 0.6 is 0 Å². The van der Waals surface area contributed by atoms with Gasteiger partial charge in [0.25, 0.3) is 0 Å². The number of carbonyl (C=O) groups excluding carboxylic acids is 4. The van der Waals surface area contributed by atoms with E-state index in [1.54, 1.807) is 54.6 Å². The molecule has 10 N–H and O–H groups in total. The molecule has 0 spiro atoms. The molecule has 0 saturated heterocycles. The molecule has 53 heavy (non-hydrogen) atoms. The number of amides is 4. The van der Waals surface area contributed by atoms with Crippen LogP contribution in [-0.4, -0.2) is 77.3 Å². The summed E-state index contributed by atoms with van der Waals surface area (Å²) >= 11 is 0. The van der Waals surface area contributed by atoms with Crippen LogP contribution in [0.15, 0.2) is 96.0 Å². The number of alkyl carbamates (subject to hydrolysis) is 1. The fraction of sp³-hybridized carbons (Fsp3) is 0.410. The van der Waals surface area contributed by atoms with E-state index in [0.717, 1.165) is 11.1 Å². The molecule has 0 saturated carbocycles. The van der Waals surface area contributed by atoms with Gasteiger partial charge in [-0.3, -0.25) is 19.4 Å². The van der Waals surface area contributed by atoms with Gasteiger partial charge in [0.15, 0.2) is 5.96 Å². The Morgan fingerprint density at radius 1 is 0.792 bits per heavy atom. The van der Waals surface area contributed by atoms with Crippen LogP contribution in [0.1, 0.15) is 62.3 Å². The Morgan fingerprint density at radius 2 is 1.40 bits per heavy atom. The lowest BCUT2D eigenvalue weighted by Gasteiger charge is -2.30. The lowest BCUT2D eigenvalue weighted by Crippen LogP contribution is -2.58. The average Bonchev–Trinajstić information content (AvgIpc) is 3.14. The SMILES string of the molecule is CC(C)C[C@H](NC(=O)[C@@H](NC(=O)[C@H](CCCN=C(N)N)NC(=O)OCc1ccccc1)[C@H](O)c1ccccc1)[C@@H](O)CC(=O)NCCc1ccccc1. The van der Waals surface area contributed by atoms with E-state index < -0.39 is 48.2 Å². The monoisotopic (exact) mass is 731 g/mol.